The Morgan fingerprint density at radius 2 is 2.06 bits per heavy atom. The second-order valence-electron chi connectivity index (χ2n) is 5.72. The van der Waals surface area contributed by atoms with Crippen LogP contribution >= 0.6 is 0 Å². The van der Waals surface area contributed by atoms with E-state index in [0.29, 0.717) is 0 Å². The van der Waals surface area contributed by atoms with Crippen molar-refractivity contribution >= 4 is 0 Å². The Morgan fingerprint density at radius 3 is 2.72 bits per heavy atom. The molecule has 0 radical (unpaired) electrons. The van der Waals surface area contributed by atoms with Crippen LogP contribution in [0.3, 0.4) is 0 Å². The Balaban J connectivity index is 1.71. The molecule has 18 heavy (non-hydrogen) atoms. The number of benzene rings is 1. The smallest absolute Gasteiger partial charge is 0.0230 e. The van der Waals surface area contributed by atoms with Crippen LogP contribution in [0.4, 0.5) is 0 Å². The molecule has 1 saturated heterocycles. The Morgan fingerprint density at radius 1 is 1.28 bits per heavy atom. The van der Waals surface area contributed by atoms with Crippen molar-refractivity contribution in [2.75, 3.05) is 26.7 Å². The molecule has 1 N–H and O–H groups in total. The van der Waals surface area contributed by atoms with Gasteiger partial charge in [-0.3, -0.25) is 0 Å². The van der Waals surface area contributed by atoms with Crippen LogP contribution in [0.15, 0.2) is 24.3 Å². The lowest BCUT2D eigenvalue weighted by molar-refractivity contribution is 0.268. The van der Waals surface area contributed by atoms with E-state index < -0.39 is 0 Å². The summed E-state index contributed by atoms with van der Waals surface area (Å²) in [5.41, 5.74) is 2.76. The highest BCUT2D eigenvalue weighted by atomic mass is 15.1. The number of piperidine rings is 1. The average Bonchev–Trinajstić information content (AvgIpc) is 2.40. The zero-order valence-corrected chi connectivity index (χ0v) is 11.8. The largest absolute Gasteiger partial charge is 0.316 e. The maximum atomic E-state index is 3.50. The minimum Gasteiger partial charge on any atom is -0.316 e. The molecule has 1 aromatic rings. The van der Waals surface area contributed by atoms with E-state index in [1.165, 1.54) is 50.0 Å². The summed E-state index contributed by atoms with van der Waals surface area (Å²) >= 11 is 0. The maximum absolute atomic E-state index is 3.50. The second-order valence-corrected chi connectivity index (χ2v) is 5.72. The third-order valence-electron chi connectivity index (χ3n) is 3.89. The van der Waals surface area contributed by atoms with Gasteiger partial charge in [0.2, 0.25) is 0 Å². The molecule has 2 nitrogen and oxygen atoms in total. The Kier molecular flexibility index (Phi) is 5.21. The van der Waals surface area contributed by atoms with Crippen molar-refractivity contribution < 1.29 is 0 Å². The van der Waals surface area contributed by atoms with Gasteiger partial charge in [-0.15, -0.1) is 0 Å². The highest BCUT2D eigenvalue weighted by Crippen LogP contribution is 2.15. The fourth-order valence-corrected chi connectivity index (χ4v) is 2.66. The zero-order chi connectivity index (χ0) is 12.8. The Bertz CT molecular complexity index is 339. The van der Waals surface area contributed by atoms with Gasteiger partial charge in [-0.2, -0.15) is 0 Å². The van der Waals surface area contributed by atoms with E-state index in [1.807, 2.05) is 0 Å². The summed E-state index contributed by atoms with van der Waals surface area (Å²) < 4.78 is 0. The van der Waals surface area contributed by atoms with E-state index in [4.69, 9.17) is 0 Å². The SMILES string of the molecule is Cc1ccc(CN(C)CCC2CCCNC2)cc1. The van der Waals surface area contributed by atoms with E-state index in [1.54, 1.807) is 0 Å². The van der Waals surface area contributed by atoms with Gasteiger partial charge in [0.25, 0.3) is 0 Å². The van der Waals surface area contributed by atoms with Crippen LogP contribution in [0.5, 0.6) is 0 Å². The lowest BCUT2D eigenvalue weighted by Gasteiger charge is -2.25. The van der Waals surface area contributed by atoms with Crippen LogP contribution in [-0.4, -0.2) is 31.6 Å². The molecule has 1 aliphatic rings. The third kappa shape index (κ3) is 4.43. The minimum absolute atomic E-state index is 0.888. The van der Waals surface area contributed by atoms with Crippen LogP contribution < -0.4 is 5.32 Å². The van der Waals surface area contributed by atoms with Gasteiger partial charge in [0.05, 0.1) is 0 Å². The van der Waals surface area contributed by atoms with Gasteiger partial charge < -0.3 is 10.2 Å². The molecule has 1 heterocycles. The molecule has 0 bridgehead atoms. The number of nitrogens with one attached hydrogen (secondary N) is 1. The quantitative estimate of drug-likeness (QED) is 0.859. The van der Waals surface area contributed by atoms with Crippen molar-refractivity contribution in [3.63, 3.8) is 0 Å². The summed E-state index contributed by atoms with van der Waals surface area (Å²) in [4.78, 5) is 2.44. The summed E-state index contributed by atoms with van der Waals surface area (Å²) in [6, 6.07) is 8.89. The van der Waals surface area contributed by atoms with Crippen LogP contribution in [0.2, 0.25) is 0 Å². The monoisotopic (exact) mass is 246 g/mol. The van der Waals surface area contributed by atoms with E-state index in [2.05, 4.69) is 48.5 Å². The topological polar surface area (TPSA) is 15.3 Å². The number of aryl methyl sites for hydroxylation is 1. The molecule has 1 atom stereocenters. The van der Waals surface area contributed by atoms with Gasteiger partial charge in [-0.25, -0.2) is 0 Å². The highest BCUT2D eigenvalue weighted by Gasteiger charge is 2.13. The highest BCUT2D eigenvalue weighted by molar-refractivity contribution is 5.21. The van der Waals surface area contributed by atoms with Crippen molar-refractivity contribution in [1.29, 1.82) is 0 Å². The van der Waals surface area contributed by atoms with Gasteiger partial charge in [0.1, 0.15) is 0 Å². The minimum atomic E-state index is 0.888. The van der Waals surface area contributed by atoms with E-state index >= 15 is 0 Å². The molecule has 0 aromatic heterocycles. The first-order chi connectivity index (χ1) is 8.74. The molecule has 1 aliphatic heterocycles. The Labute approximate surface area is 111 Å². The maximum Gasteiger partial charge on any atom is 0.0230 e. The molecule has 1 fully saturated rings. The van der Waals surface area contributed by atoms with Crippen LogP contribution in [0.1, 0.15) is 30.4 Å². The number of hydrogen-bond donors (Lipinski definition) is 1. The molecule has 2 rings (SSSR count). The summed E-state index contributed by atoms with van der Waals surface area (Å²) in [6.45, 7) is 6.86. The van der Waals surface area contributed by atoms with Gasteiger partial charge in [-0.05, 0) is 64.3 Å². The summed E-state index contributed by atoms with van der Waals surface area (Å²) in [5, 5.41) is 3.50. The summed E-state index contributed by atoms with van der Waals surface area (Å²) in [5.74, 6) is 0.888. The standard InChI is InChI=1S/C16H26N2/c1-14-5-7-16(8-6-14)13-18(2)11-9-15-4-3-10-17-12-15/h5-8,15,17H,3-4,9-13H2,1-2H3. The van der Waals surface area contributed by atoms with Crippen LogP contribution in [0, 0.1) is 12.8 Å². The van der Waals surface area contributed by atoms with Gasteiger partial charge in [-0.1, -0.05) is 29.8 Å². The van der Waals surface area contributed by atoms with E-state index in [-0.39, 0.29) is 0 Å². The van der Waals surface area contributed by atoms with Gasteiger partial charge >= 0.3 is 0 Å². The predicted molar refractivity (Wildman–Crippen MR) is 77.7 cm³/mol. The molecule has 0 spiro atoms. The van der Waals surface area contributed by atoms with Crippen LogP contribution in [0.25, 0.3) is 0 Å². The lowest BCUT2D eigenvalue weighted by Crippen LogP contribution is -2.32. The van der Waals surface area contributed by atoms with Crippen molar-refractivity contribution in [3.05, 3.63) is 35.4 Å². The zero-order valence-electron chi connectivity index (χ0n) is 11.8. The molecular weight excluding hydrogens is 220 g/mol. The van der Waals surface area contributed by atoms with E-state index in [0.717, 1.165) is 12.5 Å². The number of nitrogens with zero attached hydrogens (tertiary/aromatic N) is 1. The molecule has 2 heteroatoms. The number of rotatable bonds is 5. The molecule has 1 unspecified atom stereocenters. The predicted octanol–water partition coefficient (Wildman–Crippen LogP) is 2.82. The lowest BCUT2D eigenvalue weighted by atomic mass is 9.96. The first-order valence-electron chi connectivity index (χ1n) is 7.19. The molecule has 0 amide bonds. The van der Waals surface area contributed by atoms with Crippen molar-refractivity contribution in [3.8, 4) is 0 Å². The molecule has 1 aromatic carbocycles. The first-order valence-corrected chi connectivity index (χ1v) is 7.19. The van der Waals surface area contributed by atoms with E-state index in [9.17, 15) is 0 Å². The normalized spacial score (nSPS) is 20.3. The third-order valence-corrected chi connectivity index (χ3v) is 3.89. The summed E-state index contributed by atoms with van der Waals surface area (Å²) in [7, 11) is 2.23. The van der Waals surface area contributed by atoms with Crippen molar-refractivity contribution in [2.24, 2.45) is 5.92 Å². The summed E-state index contributed by atoms with van der Waals surface area (Å²) in [6.07, 6.45) is 4.09. The Hall–Kier alpha value is -0.860. The molecular formula is C16H26N2. The fourth-order valence-electron chi connectivity index (χ4n) is 2.66. The van der Waals surface area contributed by atoms with Crippen LogP contribution in [-0.2, 0) is 6.54 Å². The van der Waals surface area contributed by atoms with Crippen molar-refractivity contribution in [1.82, 2.24) is 10.2 Å². The second kappa shape index (κ2) is 6.91. The first kappa shape index (κ1) is 13.6. The van der Waals surface area contributed by atoms with Gasteiger partial charge in [0.15, 0.2) is 0 Å². The molecule has 100 valence electrons. The fraction of sp³-hybridized carbons (Fsp3) is 0.625. The molecule has 0 aliphatic carbocycles. The van der Waals surface area contributed by atoms with Crippen molar-refractivity contribution in [2.45, 2.75) is 32.7 Å². The molecule has 0 saturated carbocycles. The number of hydrogen-bond acceptors (Lipinski definition) is 2. The average molecular weight is 246 g/mol. The van der Waals surface area contributed by atoms with Gasteiger partial charge in [0, 0.05) is 6.54 Å².